The minimum Gasteiger partial charge on any atom is -0.309 e. The van der Waals surface area contributed by atoms with Gasteiger partial charge in [0.25, 0.3) is 0 Å². The largest absolute Gasteiger partial charge is 0.309 e. The Morgan fingerprint density at radius 1 is 1.54 bits per heavy atom. The SMILES string of the molecule is C=CCNCc1ccc(F)cc1C. The van der Waals surface area contributed by atoms with Crippen molar-refractivity contribution in [2.45, 2.75) is 13.5 Å². The Hall–Kier alpha value is -1.15. The molecular formula is C11H14FN. The third-order valence-corrected chi connectivity index (χ3v) is 1.91. The molecule has 0 aromatic heterocycles. The van der Waals surface area contributed by atoms with Crippen molar-refractivity contribution in [3.63, 3.8) is 0 Å². The fourth-order valence-electron chi connectivity index (χ4n) is 1.17. The zero-order valence-corrected chi connectivity index (χ0v) is 7.81. The van der Waals surface area contributed by atoms with E-state index in [0.29, 0.717) is 0 Å². The average molecular weight is 179 g/mol. The molecule has 0 fully saturated rings. The summed E-state index contributed by atoms with van der Waals surface area (Å²) in [6, 6.07) is 4.84. The molecular weight excluding hydrogens is 165 g/mol. The van der Waals surface area contributed by atoms with E-state index >= 15 is 0 Å². The van der Waals surface area contributed by atoms with Gasteiger partial charge < -0.3 is 5.32 Å². The normalized spacial score (nSPS) is 10.0. The standard InChI is InChI=1S/C11H14FN/c1-3-6-13-8-10-4-5-11(12)7-9(10)2/h3-5,7,13H,1,6,8H2,2H3. The summed E-state index contributed by atoms with van der Waals surface area (Å²) in [4.78, 5) is 0. The predicted molar refractivity (Wildman–Crippen MR) is 53.0 cm³/mol. The van der Waals surface area contributed by atoms with Crippen LogP contribution in [0.3, 0.4) is 0 Å². The van der Waals surface area contributed by atoms with Crippen LogP contribution in [0.4, 0.5) is 4.39 Å². The number of hydrogen-bond acceptors (Lipinski definition) is 1. The fraction of sp³-hybridized carbons (Fsp3) is 0.273. The molecule has 0 bridgehead atoms. The third-order valence-electron chi connectivity index (χ3n) is 1.91. The highest BCUT2D eigenvalue weighted by atomic mass is 19.1. The number of aryl methyl sites for hydroxylation is 1. The lowest BCUT2D eigenvalue weighted by Gasteiger charge is -2.05. The number of hydrogen-bond donors (Lipinski definition) is 1. The van der Waals surface area contributed by atoms with E-state index in [1.807, 2.05) is 6.92 Å². The van der Waals surface area contributed by atoms with Gasteiger partial charge in [0.2, 0.25) is 0 Å². The molecule has 1 aromatic carbocycles. The molecule has 1 N–H and O–H groups in total. The van der Waals surface area contributed by atoms with Crippen LogP contribution in [0.5, 0.6) is 0 Å². The Morgan fingerprint density at radius 3 is 2.92 bits per heavy atom. The second-order valence-corrected chi connectivity index (χ2v) is 2.99. The number of nitrogens with one attached hydrogen (secondary N) is 1. The van der Waals surface area contributed by atoms with E-state index in [-0.39, 0.29) is 5.82 Å². The minimum absolute atomic E-state index is 0.176. The first-order valence-electron chi connectivity index (χ1n) is 4.30. The highest BCUT2D eigenvalue weighted by molar-refractivity contribution is 5.26. The quantitative estimate of drug-likeness (QED) is 0.553. The zero-order chi connectivity index (χ0) is 9.68. The molecule has 1 aromatic rings. The Balaban J connectivity index is 2.61. The molecule has 0 atom stereocenters. The Bertz CT molecular complexity index is 294. The molecule has 0 amide bonds. The van der Waals surface area contributed by atoms with Crippen LogP contribution in [0.1, 0.15) is 11.1 Å². The molecule has 0 unspecified atom stereocenters. The maximum absolute atomic E-state index is 12.7. The van der Waals surface area contributed by atoms with E-state index < -0.39 is 0 Å². The van der Waals surface area contributed by atoms with Crippen LogP contribution in [0.25, 0.3) is 0 Å². The van der Waals surface area contributed by atoms with E-state index in [4.69, 9.17) is 0 Å². The maximum Gasteiger partial charge on any atom is 0.123 e. The first-order chi connectivity index (χ1) is 6.24. The van der Waals surface area contributed by atoms with Crippen molar-refractivity contribution in [2.24, 2.45) is 0 Å². The van der Waals surface area contributed by atoms with Crippen molar-refractivity contribution in [1.82, 2.24) is 5.32 Å². The van der Waals surface area contributed by atoms with Gasteiger partial charge in [0.05, 0.1) is 0 Å². The van der Waals surface area contributed by atoms with Crippen molar-refractivity contribution in [2.75, 3.05) is 6.54 Å². The molecule has 1 nitrogen and oxygen atoms in total. The first-order valence-corrected chi connectivity index (χ1v) is 4.30. The van der Waals surface area contributed by atoms with E-state index in [0.717, 1.165) is 24.2 Å². The second-order valence-electron chi connectivity index (χ2n) is 2.99. The van der Waals surface area contributed by atoms with Crippen LogP contribution >= 0.6 is 0 Å². The molecule has 0 aliphatic heterocycles. The Kier molecular flexibility index (Phi) is 3.65. The molecule has 0 saturated heterocycles. The molecule has 0 heterocycles. The molecule has 0 saturated carbocycles. The molecule has 13 heavy (non-hydrogen) atoms. The number of halogens is 1. The zero-order valence-electron chi connectivity index (χ0n) is 7.81. The van der Waals surface area contributed by atoms with E-state index in [1.54, 1.807) is 18.2 Å². The van der Waals surface area contributed by atoms with Gasteiger partial charge in [-0.15, -0.1) is 6.58 Å². The number of rotatable bonds is 4. The summed E-state index contributed by atoms with van der Waals surface area (Å²) in [7, 11) is 0. The van der Waals surface area contributed by atoms with Gasteiger partial charge in [-0.25, -0.2) is 4.39 Å². The van der Waals surface area contributed by atoms with Crippen molar-refractivity contribution >= 4 is 0 Å². The predicted octanol–water partition coefficient (Wildman–Crippen LogP) is 2.41. The summed E-state index contributed by atoms with van der Waals surface area (Å²) in [5.41, 5.74) is 2.11. The fourth-order valence-corrected chi connectivity index (χ4v) is 1.17. The molecule has 0 aliphatic carbocycles. The Labute approximate surface area is 78.3 Å². The summed E-state index contributed by atoms with van der Waals surface area (Å²) >= 11 is 0. The average Bonchev–Trinajstić information content (AvgIpc) is 2.09. The highest BCUT2D eigenvalue weighted by Crippen LogP contribution is 2.09. The van der Waals surface area contributed by atoms with Crippen LogP contribution in [0.2, 0.25) is 0 Å². The molecule has 0 aliphatic rings. The van der Waals surface area contributed by atoms with Gasteiger partial charge >= 0.3 is 0 Å². The monoisotopic (exact) mass is 179 g/mol. The van der Waals surface area contributed by atoms with Gasteiger partial charge in [-0.3, -0.25) is 0 Å². The van der Waals surface area contributed by atoms with Gasteiger partial charge in [-0.1, -0.05) is 12.1 Å². The van der Waals surface area contributed by atoms with Gasteiger partial charge in [0.1, 0.15) is 5.82 Å². The van der Waals surface area contributed by atoms with Crippen molar-refractivity contribution in [3.8, 4) is 0 Å². The third kappa shape index (κ3) is 2.99. The van der Waals surface area contributed by atoms with Crippen molar-refractivity contribution in [1.29, 1.82) is 0 Å². The molecule has 0 radical (unpaired) electrons. The molecule has 1 rings (SSSR count). The minimum atomic E-state index is -0.176. The lowest BCUT2D eigenvalue weighted by Crippen LogP contribution is -2.13. The second kappa shape index (κ2) is 4.77. The molecule has 2 heteroatoms. The lowest BCUT2D eigenvalue weighted by atomic mass is 10.1. The van der Waals surface area contributed by atoms with E-state index in [2.05, 4.69) is 11.9 Å². The van der Waals surface area contributed by atoms with Crippen LogP contribution in [-0.2, 0) is 6.54 Å². The topological polar surface area (TPSA) is 12.0 Å². The maximum atomic E-state index is 12.7. The van der Waals surface area contributed by atoms with Gasteiger partial charge in [-0.05, 0) is 30.2 Å². The van der Waals surface area contributed by atoms with Crippen molar-refractivity contribution < 1.29 is 4.39 Å². The van der Waals surface area contributed by atoms with Gasteiger partial charge in [0.15, 0.2) is 0 Å². The van der Waals surface area contributed by atoms with Crippen LogP contribution in [0, 0.1) is 12.7 Å². The van der Waals surface area contributed by atoms with Crippen LogP contribution < -0.4 is 5.32 Å². The van der Waals surface area contributed by atoms with Crippen molar-refractivity contribution in [3.05, 3.63) is 47.8 Å². The number of benzene rings is 1. The van der Waals surface area contributed by atoms with E-state index in [1.165, 1.54) is 6.07 Å². The van der Waals surface area contributed by atoms with Crippen LogP contribution in [-0.4, -0.2) is 6.54 Å². The highest BCUT2D eigenvalue weighted by Gasteiger charge is 1.98. The summed E-state index contributed by atoms with van der Waals surface area (Å²) in [6.45, 7) is 7.05. The summed E-state index contributed by atoms with van der Waals surface area (Å²) < 4.78 is 12.7. The van der Waals surface area contributed by atoms with Gasteiger partial charge in [-0.2, -0.15) is 0 Å². The molecule has 0 spiro atoms. The Morgan fingerprint density at radius 2 is 2.31 bits per heavy atom. The summed E-state index contributed by atoms with van der Waals surface area (Å²) in [5, 5.41) is 3.17. The van der Waals surface area contributed by atoms with Crippen LogP contribution in [0.15, 0.2) is 30.9 Å². The summed E-state index contributed by atoms with van der Waals surface area (Å²) in [6.07, 6.45) is 1.80. The van der Waals surface area contributed by atoms with Gasteiger partial charge in [0, 0.05) is 13.1 Å². The van der Waals surface area contributed by atoms with E-state index in [9.17, 15) is 4.39 Å². The molecule has 70 valence electrons. The summed E-state index contributed by atoms with van der Waals surface area (Å²) in [5.74, 6) is -0.176. The lowest BCUT2D eigenvalue weighted by molar-refractivity contribution is 0.624. The smallest absolute Gasteiger partial charge is 0.123 e. The first kappa shape index (κ1) is 9.93.